The summed E-state index contributed by atoms with van der Waals surface area (Å²) in [6.45, 7) is 3.61. The number of aryl methyl sites for hydroxylation is 1. The van der Waals surface area contributed by atoms with Gasteiger partial charge in [0.15, 0.2) is 0 Å². The fourth-order valence-electron chi connectivity index (χ4n) is 3.37. The number of carbonyl (C=O) groups excluding carboxylic acids is 1. The van der Waals surface area contributed by atoms with E-state index in [1.54, 1.807) is 11.8 Å². The molecule has 0 unspecified atom stereocenters. The summed E-state index contributed by atoms with van der Waals surface area (Å²) in [5, 5.41) is 0. The number of carbonyl (C=O) groups is 1. The van der Waals surface area contributed by atoms with Crippen molar-refractivity contribution in [2.75, 3.05) is 18.8 Å². The van der Waals surface area contributed by atoms with Crippen LogP contribution in [0.2, 0.25) is 0 Å². The molecular weight excluding hydrogens is 330 g/mol. The molecule has 0 radical (unpaired) electrons. The number of thioether (sulfide) groups is 1. The van der Waals surface area contributed by atoms with Crippen molar-refractivity contribution < 1.29 is 4.79 Å². The van der Waals surface area contributed by atoms with E-state index in [1.807, 2.05) is 48.2 Å². The second kappa shape index (κ2) is 6.92. The molecule has 4 rings (SSSR count). The lowest BCUT2D eigenvalue weighted by atomic mass is 10.1. The summed E-state index contributed by atoms with van der Waals surface area (Å²) < 4.78 is 2.27. The molecule has 0 saturated carbocycles. The smallest absolute Gasteiger partial charge is 0.232 e. The average Bonchev–Trinajstić information content (AvgIpc) is 2.91. The number of nitrogens with zero attached hydrogens (tertiary/aromatic N) is 3. The van der Waals surface area contributed by atoms with Crippen molar-refractivity contribution in [2.45, 2.75) is 18.7 Å². The monoisotopic (exact) mass is 351 g/mol. The van der Waals surface area contributed by atoms with Gasteiger partial charge in [0.05, 0.1) is 22.8 Å². The van der Waals surface area contributed by atoms with Crippen LogP contribution in [0.1, 0.15) is 17.4 Å². The Hall–Kier alpha value is -2.27. The molecule has 1 saturated heterocycles. The number of amides is 1. The predicted octanol–water partition coefficient (Wildman–Crippen LogP) is 3.66. The minimum Gasteiger partial charge on any atom is -0.338 e. The van der Waals surface area contributed by atoms with E-state index in [-0.39, 0.29) is 5.91 Å². The number of hydrogen-bond acceptors (Lipinski definition) is 3. The molecule has 128 valence electrons. The quantitative estimate of drug-likeness (QED) is 0.704. The first-order valence-electron chi connectivity index (χ1n) is 8.55. The SMILES string of the molecule is Cc1nc2ccccc2n1C1CN(C(=O)CSCc2ccccc2)C1. The molecule has 1 amide bonds. The molecule has 1 aromatic heterocycles. The maximum Gasteiger partial charge on any atom is 0.232 e. The molecule has 0 bridgehead atoms. The zero-order chi connectivity index (χ0) is 17.2. The minimum atomic E-state index is 0.235. The number of rotatable bonds is 5. The van der Waals surface area contributed by atoms with Crippen LogP contribution >= 0.6 is 11.8 Å². The van der Waals surface area contributed by atoms with Crippen LogP contribution in [0.4, 0.5) is 0 Å². The van der Waals surface area contributed by atoms with E-state index in [0.29, 0.717) is 11.8 Å². The number of imidazole rings is 1. The van der Waals surface area contributed by atoms with E-state index < -0.39 is 0 Å². The molecular formula is C20H21N3OS. The fraction of sp³-hybridized carbons (Fsp3) is 0.300. The first-order valence-corrected chi connectivity index (χ1v) is 9.71. The van der Waals surface area contributed by atoms with Crippen molar-refractivity contribution in [1.82, 2.24) is 14.5 Å². The molecule has 0 aliphatic carbocycles. The van der Waals surface area contributed by atoms with Crippen LogP contribution in [0.25, 0.3) is 11.0 Å². The summed E-state index contributed by atoms with van der Waals surface area (Å²) in [6.07, 6.45) is 0. The van der Waals surface area contributed by atoms with Gasteiger partial charge in [-0.1, -0.05) is 42.5 Å². The lowest BCUT2D eigenvalue weighted by Gasteiger charge is -2.40. The van der Waals surface area contributed by atoms with Gasteiger partial charge >= 0.3 is 0 Å². The number of benzene rings is 2. The number of hydrogen-bond donors (Lipinski definition) is 0. The maximum absolute atomic E-state index is 12.4. The third kappa shape index (κ3) is 3.29. The van der Waals surface area contributed by atoms with E-state index in [9.17, 15) is 4.79 Å². The second-order valence-electron chi connectivity index (χ2n) is 6.45. The van der Waals surface area contributed by atoms with E-state index in [4.69, 9.17) is 0 Å². The van der Waals surface area contributed by atoms with Crippen molar-refractivity contribution in [3.63, 3.8) is 0 Å². The molecule has 4 nitrogen and oxygen atoms in total. The highest BCUT2D eigenvalue weighted by molar-refractivity contribution is 7.99. The highest BCUT2D eigenvalue weighted by Crippen LogP contribution is 2.28. The molecule has 1 aliphatic heterocycles. The highest BCUT2D eigenvalue weighted by atomic mass is 32.2. The van der Waals surface area contributed by atoms with Crippen molar-refractivity contribution in [1.29, 1.82) is 0 Å². The Morgan fingerprint density at radius 1 is 1.12 bits per heavy atom. The summed E-state index contributed by atoms with van der Waals surface area (Å²) in [7, 11) is 0. The maximum atomic E-state index is 12.4. The molecule has 0 N–H and O–H groups in total. The van der Waals surface area contributed by atoms with Gasteiger partial charge in [-0.05, 0) is 24.6 Å². The van der Waals surface area contributed by atoms with Gasteiger partial charge in [-0.2, -0.15) is 0 Å². The third-order valence-electron chi connectivity index (χ3n) is 4.69. The largest absolute Gasteiger partial charge is 0.338 e. The van der Waals surface area contributed by atoms with Crippen LogP contribution in [0.5, 0.6) is 0 Å². The van der Waals surface area contributed by atoms with Crippen molar-refractivity contribution in [3.05, 3.63) is 66.0 Å². The Morgan fingerprint density at radius 2 is 1.84 bits per heavy atom. The van der Waals surface area contributed by atoms with Crippen molar-refractivity contribution >= 4 is 28.7 Å². The van der Waals surface area contributed by atoms with Gasteiger partial charge in [0.1, 0.15) is 5.82 Å². The normalized spacial score (nSPS) is 14.7. The molecule has 0 atom stereocenters. The zero-order valence-electron chi connectivity index (χ0n) is 14.3. The van der Waals surface area contributed by atoms with Crippen LogP contribution in [0, 0.1) is 6.92 Å². The Bertz CT molecular complexity index is 884. The van der Waals surface area contributed by atoms with Gasteiger partial charge in [-0.3, -0.25) is 4.79 Å². The number of para-hydroxylation sites is 2. The topological polar surface area (TPSA) is 38.1 Å². The van der Waals surface area contributed by atoms with Crippen LogP contribution < -0.4 is 0 Å². The summed E-state index contributed by atoms with van der Waals surface area (Å²) in [4.78, 5) is 18.9. The third-order valence-corrected chi connectivity index (χ3v) is 5.68. The molecule has 2 aromatic carbocycles. The van der Waals surface area contributed by atoms with Crippen molar-refractivity contribution in [2.24, 2.45) is 0 Å². The highest BCUT2D eigenvalue weighted by Gasteiger charge is 2.33. The molecule has 2 heterocycles. The summed E-state index contributed by atoms with van der Waals surface area (Å²) in [5.74, 6) is 2.69. The van der Waals surface area contributed by atoms with Gasteiger partial charge in [-0.25, -0.2) is 4.98 Å². The second-order valence-corrected chi connectivity index (χ2v) is 7.43. The Labute approximate surface area is 151 Å². The molecule has 5 heteroatoms. The molecule has 3 aromatic rings. The first kappa shape index (κ1) is 16.2. The lowest BCUT2D eigenvalue weighted by Crippen LogP contribution is -2.51. The van der Waals surface area contributed by atoms with Gasteiger partial charge in [0.2, 0.25) is 5.91 Å². The van der Waals surface area contributed by atoms with E-state index >= 15 is 0 Å². The van der Waals surface area contributed by atoms with Crippen LogP contribution in [0.3, 0.4) is 0 Å². The first-order chi connectivity index (χ1) is 12.2. The number of likely N-dealkylation sites (tertiary alicyclic amines) is 1. The predicted molar refractivity (Wildman–Crippen MR) is 103 cm³/mol. The summed E-state index contributed by atoms with van der Waals surface area (Å²) in [5.41, 5.74) is 3.46. The Balaban J connectivity index is 1.32. The average molecular weight is 351 g/mol. The van der Waals surface area contributed by atoms with Crippen LogP contribution in [0.15, 0.2) is 54.6 Å². The number of aromatic nitrogens is 2. The molecule has 0 spiro atoms. The van der Waals surface area contributed by atoms with Gasteiger partial charge in [-0.15, -0.1) is 11.8 Å². The van der Waals surface area contributed by atoms with Gasteiger partial charge < -0.3 is 9.47 Å². The van der Waals surface area contributed by atoms with Gasteiger partial charge in [0.25, 0.3) is 0 Å². The van der Waals surface area contributed by atoms with Crippen LogP contribution in [-0.4, -0.2) is 39.2 Å². The zero-order valence-corrected chi connectivity index (χ0v) is 15.1. The van der Waals surface area contributed by atoms with E-state index in [2.05, 4.69) is 27.8 Å². The van der Waals surface area contributed by atoms with Gasteiger partial charge in [0, 0.05) is 18.8 Å². The van der Waals surface area contributed by atoms with Crippen LogP contribution in [-0.2, 0) is 10.5 Å². The minimum absolute atomic E-state index is 0.235. The fourth-order valence-corrected chi connectivity index (χ4v) is 4.26. The standard InChI is InChI=1S/C20H21N3OS/c1-15-21-18-9-5-6-10-19(18)23(15)17-11-22(12-17)20(24)14-25-13-16-7-3-2-4-8-16/h2-10,17H,11-14H2,1H3. The number of fused-ring (bicyclic) bond motifs is 1. The summed E-state index contributed by atoms with van der Waals surface area (Å²) in [6, 6.07) is 18.8. The Morgan fingerprint density at radius 3 is 2.64 bits per heavy atom. The summed E-state index contributed by atoms with van der Waals surface area (Å²) >= 11 is 1.69. The van der Waals surface area contributed by atoms with E-state index in [0.717, 1.165) is 35.7 Å². The van der Waals surface area contributed by atoms with E-state index in [1.165, 1.54) is 5.56 Å². The lowest BCUT2D eigenvalue weighted by molar-refractivity contribution is -0.133. The molecule has 1 fully saturated rings. The van der Waals surface area contributed by atoms with Crippen molar-refractivity contribution in [3.8, 4) is 0 Å². The molecule has 25 heavy (non-hydrogen) atoms. The Kier molecular flexibility index (Phi) is 4.49. The molecule has 1 aliphatic rings.